The molecular weight excluding hydrogens is 372 g/mol. The van der Waals surface area contributed by atoms with Crippen molar-refractivity contribution >= 4 is 17.7 Å². The van der Waals surface area contributed by atoms with Crippen LogP contribution in [0.2, 0.25) is 0 Å². The van der Waals surface area contributed by atoms with Gasteiger partial charge in [-0.05, 0) is 30.9 Å². The molecular formula is C21H28N4O2S. The molecule has 1 aromatic heterocycles. The van der Waals surface area contributed by atoms with Crippen LogP contribution in [-0.4, -0.2) is 39.6 Å². The molecule has 3 rings (SSSR count). The van der Waals surface area contributed by atoms with E-state index in [1.165, 1.54) is 31.0 Å². The second-order valence-corrected chi connectivity index (χ2v) is 8.07. The van der Waals surface area contributed by atoms with Crippen molar-refractivity contribution in [2.24, 2.45) is 5.92 Å². The molecule has 1 amide bonds. The summed E-state index contributed by atoms with van der Waals surface area (Å²) in [6.07, 6.45) is 6.52. The number of ether oxygens (including phenoxy) is 1. The van der Waals surface area contributed by atoms with E-state index >= 15 is 0 Å². The number of thioether (sulfide) groups is 1. The lowest BCUT2D eigenvalue weighted by molar-refractivity contribution is -0.119. The maximum atomic E-state index is 12.4. The van der Waals surface area contributed by atoms with Crippen molar-refractivity contribution in [3.05, 3.63) is 36.9 Å². The van der Waals surface area contributed by atoms with Gasteiger partial charge in [0.15, 0.2) is 11.0 Å². The van der Waals surface area contributed by atoms with Gasteiger partial charge < -0.3 is 10.1 Å². The number of allylic oxidation sites excluding steroid dienone is 1. The maximum Gasteiger partial charge on any atom is 0.230 e. The van der Waals surface area contributed by atoms with E-state index in [-0.39, 0.29) is 11.9 Å². The summed E-state index contributed by atoms with van der Waals surface area (Å²) in [6.45, 7) is 6.62. The van der Waals surface area contributed by atoms with Crippen molar-refractivity contribution in [1.29, 1.82) is 0 Å². The molecule has 1 fully saturated rings. The van der Waals surface area contributed by atoms with E-state index in [2.05, 4.69) is 29.0 Å². The van der Waals surface area contributed by atoms with Crippen LogP contribution in [0, 0.1) is 5.92 Å². The second kappa shape index (κ2) is 9.78. The van der Waals surface area contributed by atoms with Crippen LogP contribution in [0.5, 0.6) is 5.75 Å². The van der Waals surface area contributed by atoms with Crippen LogP contribution in [0.15, 0.2) is 42.1 Å². The van der Waals surface area contributed by atoms with Gasteiger partial charge in [0.05, 0.1) is 18.4 Å². The van der Waals surface area contributed by atoms with Gasteiger partial charge in [-0.2, -0.15) is 0 Å². The summed E-state index contributed by atoms with van der Waals surface area (Å²) in [4.78, 5) is 12.4. The van der Waals surface area contributed by atoms with Crippen LogP contribution in [0.1, 0.15) is 32.6 Å². The first-order chi connectivity index (χ1) is 13.6. The van der Waals surface area contributed by atoms with E-state index < -0.39 is 0 Å². The first-order valence-corrected chi connectivity index (χ1v) is 10.7. The minimum Gasteiger partial charge on any atom is -0.496 e. The Labute approximate surface area is 170 Å². The third kappa shape index (κ3) is 4.76. The molecule has 6 nitrogen and oxygen atoms in total. The third-order valence-corrected chi connectivity index (χ3v) is 6.13. The van der Waals surface area contributed by atoms with Gasteiger partial charge in [0, 0.05) is 12.6 Å². The number of aromatic nitrogens is 3. The molecule has 0 spiro atoms. The van der Waals surface area contributed by atoms with Gasteiger partial charge in [0.2, 0.25) is 5.91 Å². The summed E-state index contributed by atoms with van der Waals surface area (Å²) < 4.78 is 7.42. The molecule has 7 heteroatoms. The van der Waals surface area contributed by atoms with Crippen LogP contribution in [-0.2, 0) is 11.3 Å². The van der Waals surface area contributed by atoms with Crippen molar-refractivity contribution in [2.45, 2.75) is 50.4 Å². The lowest BCUT2D eigenvalue weighted by atomic mass is 9.86. The summed E-state index contributed by atoms with van der Waals surface area (Å²) in [7, 11) is 1.64. The van der Waals surface area contributed by atoms with Gasteiger partial charge in [-0.25, -0.2) is 0 Å². The van der Waals surface area contributed by atoms with Crippen LogP contribution < -0.4 is 10.1 Å². The van der Waals surface area contributed by atoms with Crippen LogP contribution >= 0.6 is 11.8 Å². The van der Waals surface area contributed by atoms with Crippen molar-refractivity contribution in [1.82, 2.24) is 20.1 Å². The molecule has 1 heterocycles. The summed E-state index contributed by atoms with van der Waals surface area (Å²) in [5, 5.41) is 12.6. The number of carbonyl (C=O) groups is 1. The number of nitrogens with one attached hydrogen (secondary N) is 1. The van der Waals surface area contributed by atoms with Gasteiger partial charge in [0.1, 0.15) is 5.75 Å². The predicted octanol–water partition coefficient (Wildman–Crippen LogP) is 3.93. The fourth-order valence-corrected chi connectivity index (χ4v) is 4.39. The largest absolute Gasteiger partial charge is 0.496 e. The molecule has 0 unspecified atom stereocenters. The molecule has 1 aliphatic rings. The predicted molar refractivity (Wildman–Crippen MR) is 112 cm³/mol. The first kappa shape index (κ1) is 20.5. The quantitative estimate of drug-likeness (QED) is 0.537. The Morgan fingerprint density at radius 3 is 2.89 bits per heavy atom. The van der Waals surface area contributed by atoms with Crippen molar-refractivity contribution < 1.29 is 9.53 Å². The number of para-hydroxylation sites is 1. The highest BCUT2D eigenvalue weighted by Crippen LogP contribution is 2.31. The van der Waals surface area contributed by atoms with E-state index in [9.17, 15) is 4.79 Å². The Kier molecular flexibility index (Phi) is 7.14. The molecule has 2 aromatic rings. The Hall–Kier alpha value is -2.28. The summed E-state index contributed by atoms with van der Waals surface area (Å²) >= 11 is 1.40. The van der Waals surface area contributed by atoms with Crippen LogP contribution in [0.3, 0.4) is 0 Å². The summed E-state index contributed by atoms with van der Waals surface area (Å²) in [6, 6.07) is 8.00. The topological polar surface area (TPSA) is 69.0 Å². The number of methoxy groups -OCH3 is 1. The zero-order valence-corrected chi connectivity index (χ0v) is 17.4. The third-order valence-electron chi connectivity index (χ3n) is 5.17. The summed E-state index contributed by atoms with van der Waals surface area (Å²) in [5.41, 5.74) is 0.867. The lowest BCUT2D eigenvalue weighted by Crippen LogP contribution is -2.41. The molecule has 1 saturated carbocycles. The number of amides is 1. The van der Waals surface area contributed by atoms with Crippen LogP contribution in [0.25, 0.3) is 11.4 Å². The number of hydrogen-bond donors (Lipinski definition) is 1. The second-order valence-electron chi connectivity index (χ2n) is 7.13. The van der Waals surface area contributed by atoms with Gasteiger partial charge in [-0.3, -0.25) is 9.36 Å². The highest BCUT2D eigenvalue weighted by molar-refractivity contribution is 7.99. The fraction of sp³-hybridized carbons (Fsp3) is 0.476. The van der Waals surface area contributed by atoms with E-state index in [1.807, 2.05) is 28.8 Å². The minimum atomic E-state index is 0.0516. The van der Waals surface area contributed by atoms with Gasteiger partial charge in [0.25, 0.3) is 0 Å². The Balaban J connectivity index is 1.71. The molecule has 0 radical (unpaired) electrons. The molecule has 1 aromatic carbocycles. The van der Waals surface area contributed by atoms with Crippen LogP contribution in [0.4, 0.5) is 0 Å². The highest BCUT2D eigenvalue weighted by Gasteiger charge is 2.23. The van der Waals surface area contributed by atoms with Crippen molar-refractivity contribution in [3.8, 4) is 17.1 Å². The molecule has 2 atom stereocenters. The smallest absolute Gasteiger partial charge is 0.230 e. The maximum absolute atomic E-state index is 12.4. The first-order valence-electron chi connectivity index (χ1n) is 9.73. The molecule has 28 heavy (non-hydrogen) atoms. The Morgan fingerprint density at radius 2 is 2.14 bits per heavy atom. The fourth-order valence-electron chi connectivity index (χ4n) is 3.63. The molecule has 1 N–H and O–H groups in total. The average Bonchev–Trinajstić information content (AvgIpc) is 3.11. The van der Waals surface area contributed by atoms with Crippen molar-refractivity contribution in [2.75, 3.05) is 12.9 Å². The number of carbonyl (C=O) groups excluding carboxylic acids is 1. The van der Waals surface area contributed by atoms with Gasteiger partial charge in [-0.15, -0.1) is 16.8 Å². The molecule has 150 valence electrons. The Morgan fingerprint density at radius 1 is 1.36 bits per heavy atom. The SMILES string of the molecule is C=CCn1c(SCC(=O)N[C@H]2CCCC[C@H]2C)nnc1-c1ccccc1OC. The van der Waals surface area contributed by atoms with E-state index in [0.29, 0.717) is 29.2 Å². The average molecular weight is 401 g/mol. The van der Waals surface area contributed by atoms with E-state index in [4.69, 9.17) is 4.74 Å². The lowest BCUT2D eigenvalue weighted by Gasteiger charge is -2.29. The normalized spacial score (nSPS) is 19.2. The zero-order chi connectivity index (χ0) is 19.9. The van der Waals surface area contributed by atoms with E-state index in [0.717, 1.165) is 17.7 Å². The molecule has 0 saturated heterocycles. The molecule has 0 aliphatic heterocycles. The van der Waals surface area contributed by atoms with Gasteiger partial charge >= 0.3 is 0 Å². The number of benzene rings is 1. The standard InChI is InChI=1S/C21H28N4O2S/c1-4-13-25-20(16-10-6-8-12-18(16)27-3)23-24-21(25)28-14-19(26)22-17-11-7-5-9-15(17)2/h4,6,8,10,12,15,17H,1,5,7,9,11,13-14H2,2-3H3,(H,22,26)/t15-,17+/m1/s1. The Bertz CT molecular complexity index is 820. The zero-order valence-electron chi connectivity index (χ0n) is 16.6. The monoisotopic (exact) mass is 400 g/mol. The minimum absolute atomic E-state index is 0.0516. The molecule has 0 bridgehead atoms. The number of nitrogens with zero attached hydrogens (tertiary/aromatic N) is 3. The number of hydrogen-bond acceptors (Lipinski definition) is 5. The number of rotatable bonds is 8. The van der Waals surface area contributed by atoms with Gasteiger partial charge in [-0.1, -0.05) is 49.7 Å². The molecule has 1 aliphatic carbocycles. The summed E-state index contributed by atoms with van der Waals surface area (Å²) in [5.74, 6) is 2.37. The van der Waals surface area contributed by atoms with E-state index in [1.54, 1.807) is 13.2 Å². The highest BCUT2D eigenvalue weighted by atomic mass is 32.2. The van der Waals surface area contributed by atoms with Crippen molar-refractivity contribution in [3.63, 3.8) is 0 Å².